The van der Waals surface area contributed by atoms with Gasteiger partial charge in [-0.15, -0.1) is 0 Å². The van der Waals surface area contributed by atoms with Gasteiger partial charge in [-0.3, -0.25) is 4.79 Å². The van der Waals surface area contributed by atoms with E-state index < -0.39 is 6.10 Å². The fourth-order valence-corrected chi connectivity index (χ4v) is 2.44. The number of benzene rings is 2. The molecule has 1 amide bonds. The van der Waals surface area contributed by atoms with Crippen LogP contribution in [0.4, 0.5) is 0 Å². The Morgan fingerprint density at radius 3 is 2.50 bits per heavy atom. The lowest BCUT2D eigenvalue weighted by Crippen LogP contribution is -2.36. The summed E-state index contributed by atoms with van der Waals surface area (Å²) >= 11 is 0. The van der Waals surface area contributed by atoms with Crippen LogP contribution in [0.2, 0.25) is 0 Å². The molecule has 0 radical (unpaired) electrons. The van der Waals surface area contributed by atoms with Gasteiger partial charge in [-0.25, -0.2) is 0 Å². The average Bonchev–Trinajstić information content (AvgIpc) is 3.21. The first-order chi connectivity index (χ1) is 13.6. The Balaban J connectivity index is 1.56. The molecule has 3 aromatic rings. The number of aromatic nitrogens is 2. The highest BCUT2D eigenvalue weighted by Gasteiger charge is 2.16. The van der Waals surface area contributed by atoms with Crippen molar-refractivity contribution >= 4 is 5.91 Å². The standard InChI is InChI=1S/C20H21N3O5/c1-13(27-17-9-5-8-16(11-17)26-3)20(24)21-12-18-22-19(23-28-18)14-6-4-7-15(10-14)25-2/h4-11,13H,12H2,1-3H3,(H,21,24). The molecule has 8 heteroatoms. The minimum absolute atomic E-state index is 0.0988. The van der Waals surface area contributed by atoms with Gasteiger partial charge in [0.1, 0.15) is 17.2 Å². The van der Waals surface area contributed by atoms with Gasteiger partial charge in [0.05, 0.1) is 20.8 Å². The lowest BCUT2D eigenvalue weighted by atomic mass is 10.2. The molecule has 0 spiro atoms. The number of nitrogens with one attached hydrogen (secondary N) is 1. The van der Waals surface area contributed by atoms with Crippen LogP contribution in [0, 0.1) is 0 Å². The van der Waals surface area contributed by atoms with Crippen LogP contribution in [0.5, 0.6) is 17.2 Å². The van der Waals surface area contributed by atoms with E-state index in [4.69, 9.17) is 18.7 Å². The molecule has 0 aliphatic rings. The second-order valence-corrected chi connectivity index (χ2v) is 5.90. The van der Waals surface area contributed by atoms with Gasteiger partial charge >= 0.3 is 0 Å². The maximum absolute atomic E-state index is 12.3. The fourth-order valence-electron chi connectivity index (χ4n) is 2.44. The van der Waals surface area contributed by atoms with Crippen molar-refractivity contribution in [3.8, 4) is 28.6 Å². The van der Waals surface area contributed by atoms with Gasteiger partial charge in [0, 0.05) is 11.6 Å². The maximum Gasteiger partial charge on any atom is 0.261 e. The monoisotopic (exact) mass is 383 g/mol. The Bertz CT molecular complexity index is 941. The molecule has 1 unspecified atom stereocenters. The summed E-state index contributed by atoms with van der Waals surface area (Å²) in [5.74, 6) is 2.30. The molecule has 28 heavy (non-hydrogen) atoms. The molecular weight excluding hydrogens is 362 g/mol. The van der Waals surface area contributed by atoms with Crippen molar-refractivity contribution in [1.29, 1.82) is 0 Å². The van der Waals surface area contributed by atoms with Gasteiger partial charge in [-0.2, -0.15) is 4.98 Å². The summed E-state index contributed by atoms with van der Waals surface area (Å²) in [5, 5.41) is 6.65. The van der Waals surface area contributed by atoms with Gasteiger partial charge in [0.15, 0.2) is 6.10 Å². The summed E-state index contributed by atoms with van der Waals surface area (Å²) < 4.78 is 21.2. The third-order valence-corrected chi connectivity index (χ3v) is 3.93. The molecule has 3 rings (SSSR count). The fraction of sp³-hybridized carbons (Fsp3) is 0.250. The molecule has 0 saturated carbocycles. The largest absolute Gasteiger partial charge is 0.497 e. The highest BCUT2D eigenvalue weighted by atomic mass is 16.5. The van der Waals surface area contributed by atoms with Crippen LogP contribution in [0.3, 0.4) is 0 Å². The second-order valence-electron chi connectivity index (χ2n) is 5.90. The molecular formula is C20H21N3O5. The molecule has 1 atom stereocenters. The van der Waals surface area contributed by atoms with E-state index in [0.29, 0.717) is 29.0 Å². The van der Waals surface area contributed by atoms with Crippen molar-refractivity contribution < 1.29 is 23.5 Å². The number of hydrogen-bond acceptors (Lipinski definition) is 7. The summed E-state index contributed by atoms with van der Waals surface area (Å²) in [6, 6.07) is 14.4. The van der Waals surface area contributed by atoms with Crippen LogP contribution >= 0.6 is 0 Å². The van der Waals surface area contributed by atoms with Crippen molar-refractivity contribution in [2.75, 3.05) is 14.2 Å². The Kier molecular flexibility index (Phi) is 6.11. The number of methoxy groups -OCH3 is 2. The highest BCUT2D eigenvalue weighted by Crippen LogP contribution is 2.21. The quantitative estimate of drug-likeness (QED) is 0.639. The van der Waals surface area contributed by atoms with Crippen molar-refractivity contribution in [2.24, 2.45) is 0 Å². The molecule has 0 saturated heterocycles. The first-order valence-electron chi connectivity index (χ1n) is 8.64. The summed E-state index contributed by atoms with van der Waals surface area (Å²) in [5.41, 5.74) is 0.760. The normalized spacial score (nSPS) is 11.5. The van der Waals surface area contributed by atoms with Gasteiger partial charge < -0.3 is 24.1 Å². The number of hydrogen-bond donors (Lipinski definition) is 1. The van der Waals surface area contributed by atoms with E-state index in [1.165, 1.54) is 0 Å². The van der Waals surface area contributed by atoms with Crippen LogP contribution in [0.25, 0.3) is 11.4 Å². The molecule has 146 valence electrons. The van der Waals surface area contributed by atoms with Crippen LogP contribution in [-0.2, 0) is 11.3 Å². The predicted octanol–water partition coefficient (Wildman–Crippen LogP) is 2.84. The van der Waals surface area contributed by atoms with E-state index >= 15 is 0 Å². The van der Waals surface area contributed by atoms with E-state index in [2.05, 4.69) is 15.5 Å². The number of nitrogens with zero attached hydrogens (tertiary/aromatic N) is 2. The Morgan fingerprint density at radius 1 is 1.07 bits per heavy atom. The summed E-state index contributed by atoms with van der Waals surface area (Å²) in [4.78, 5) is 16.6. The number of amides is 1. The van der Waals surface area contributed by atoms with E-state index in [9.17, 15) is 4.79 Å². The predicted molar refractivity (Wildman–Crippen MR) is 101 cm³/mol. The minimum atomic E-state index is -0.701. The number of carbonyl (C=O) groups excluding carboxylic acids is 1. The van der Waals surface area contributed by atoms with Crippen LogP contribution in [0.15, 0.2) is 53.1 Å². The lowest BCUT2D eigenvalue weighted by molar-refractivity contribution is -0.127. The number of ether oxygens (including phenoxy) is 3. The van der Waals surface area contributed by atoms with Crippen molar-refractivity contribution in [2.45, 2.75) is 19.6 Å². The molecule has 0 bridgehead atoms. The maximum atomic E-state index is 12.3. The zero-order valence-corrected chi connectivity index (χ0v) is 15.8. The summed E-state index contributed by atoms with van der Waals surface area (Å²) in [7, 11) is 3.16. The molecule has 1 N–H and O–H groups in total. The Morgan fingerprint density at radius 2 is 1.75 bits per heavy atom. The first-order valence-corrected chi connectivity index (χ1v) is 8.64. The SMILES string of the molecule is COc1cccc(OC(C)C(=O)NCc2nc(-c3cccc(OC)c3)no2)c1. The topological polar surface area (TPSA) is 95.7 Å². The van der Waals surface area contributed by atoms with Crippen LogP contribution in [-0.4, -0.2) is 36.4 Å². The van der Waals surface area contributed by atoms with Crippen molar-refractivity contribution in [3.63, 3.8) is 0 Å². The zero-order valence-electron chi connectivity index (χ0n) is 15.8. The lowest BCUT2D eigenvalue weighted by Gasteiger charge is -2.14. The number of carbonyl (C=O) groups is 1. The first kappa shape index (κ1) is 19.2. The zero-order chi connectivity index (χ0) is 19.9. The van der Waals surface area contributed by atoms with E-state index in [0.717, 1.165) is 5.56 Å². The third-order valence-electron chi connectivity index (χ3n) is 3.93. The molecule has 0 fully saturated rings. The van der Waals surface area contributed by atoms with Crippen LogP contribution in [0.1, 0.15) is 12.8 Å². The van der Waals surface area contributed by atoms with Gasteiger partial charge in [0.2, 0.25) is 11.7 Å². The molecule has 2 aromatic carbocycles. The average molecular weight is 383 g/mol. The van der Waals surface area contributed by atoms with E-state index in [-0.39, 0.29) is 12.5 Å². The molecule has 0 aliphatic heterocycles. The summed E-state index contributed by atoms with van der Waals surface area (Å²) in [6.07, 6.45) is -0.701. The van der Waals surface area contributed by atoms with Crippen molar-refractivity contribution in [3.05, 3.63) is 54.4 Å². The Hall–Kier alpha value is -3.55. The van der Waals surface area contributed by atoms with Gasteiger partial charge in [-0.05, 0) is 31.2 Å². The summed E-state index contributed by atoms with van der Waals surface area (Å²) in [6.45, 7) is 1.76. The molecule has 1 heterocycles. The third kappa shape index (κ3) is 4.79. The highest BCUT2D eigenvalue weighted by molar-refractivity contribution is 5.80. The van der Waals surface area contributed by atoms with E-state index in [1.54, 1.807) is 51.5 Å². The van der Waals surface area contributed by atoms with Gasteiger partial charge in [0.25, 0.3) is 5.91 Å². The molecule has 1 aromatic heterocycles. The minimum Gasteiger partial charge on any atom is -0.497 e. The molecule has 8 nitrogen and oxygen atoms in total. The van der Waals surface area contributed by atoms with Gasteiger partial charge in [-0.1, -0.05) is 23.4 Å². The van der Waals surface area contributed by atoms with Crippen molar-refractivity contribution in [1.82, 2.24) is 15.5 Å². The second kappa shape index (κ2) is 8.90. The smallest absolute Gasteiger partial charge is 0.261 e. The number of rotatable bonds is 8. The molecule has 0 aliphatic carbocycles. The van der Waals surface area contributed by atoms with Crippen LogP contribution < -0.4 is 19.5 Å². The Labute approximate surface area is 162 Å². The van der Waals surface area contributed by atoms with E-state index in [1.807, 2.05) is 18.2 Å².